The number of pyridine rings is 1. The molecule has 0 aromatic carbocycles. The van der Waals surface area contributed by atoms with Gasteiger partial charge in [0.05, 0.1) is 44.4 Å². The van der Waals surface area contributed by atoms with Gasteiger partial charge in [-0.3, -0.25) is 4.98 Å². The van der Waals surface area contributed by atoms with Gasteiger partial charge in [-0.1, -0.05) is 0 Å². The van der Waals surface area contributed by atoms with Crippen LogP contribution in [0.2, 0.25) is 0 Å². The Kier molecular flexibility index (Phi) is 4.85. The lowest BCUT2D eigenvalue weighted by molar-refractivity contribution is 0.0200. The van der Waals surface area contributed by atoms with Gasteiger partial charge in [0.2, 0.25) is 5.95 Å². The van der Waals surface area contributed by atoms with Crippen LogP contribution >= 0.6 is 0 Å². The molecule has 3 heterocycles. The molecule has 3 unspecified atom stereocenters. The van der Waals surface area contributed by atoms with E-state index < -0.39 is 5.82 Å². The number of morpholine rings is 1. The normalized spacial score (nSPS) is 25.8. The third-order valence-electron chi connectivity index (χ3n) is 4.87. The van der Waals surface area contributed by atoms with Gasteiger partial charge < -0.3 is 14.4 Å². The van der Waals surface area contributed by atoms with E-state index in [9.17, 15) is 4.39 Å². The lowest BCUT2D eigenvalue weighted by Crippen LogP contribution is -2.49. The van der Waals surface area contributed by atoms with E-state index in [1.54, 1.807) is 12.4 Å². The van der Waals surface area contributed by atoms with E-state index in [0.29, 0.717) is 31.7 Å². The van der Waals surface area contributed by atoms with Gasteiger partial charge in [-0.15, -0.1) is 0 Å². The molecule has 4 rings (SSSR count). The maximum atomic E-state index is 13.1. The molecule has 0 bridgehead atoms. The largest absolute Gasteiger partial charge is 0.376 e. The fourth-order valence-corrected chi connectivity index (χ4v) is 3.71. The van der Waals surface area contributed by atoms with Crippen LogP contribution in [0.3, 0.4) is 0 Å². The highest BCUT2D eigenvalue weighted by Gasteiger charge is 2.42. The molecular weight excluding hydrogens is 323 g/mol. The predicted molar refractivity (Wildman–Crippen MR) is 89.5 cm³/mol. The zero-order chi connectivity index (χ0) is 17.1. The number of nitrogens with zero attached hydrogens (tertiary/aromatic N) is 4. The lowest BCUT2D eigenvalue weighted by Gasteiger charge is -2.37. The molecule has 1 aliphatic heterocycles. The molecule has 0 amide bonds. The molecule has 132 valence electrons. The van der Waals surface area contributed by atoms with Crippen LogP contribution in [0.15, 0.2) is 36.9 Å². The van der Waals surface area contributed by atoms with Crippen molar-refractivity contribution in [3.05, 3.63) is 48.3 Å². The lowest BCUT2D eigenvalue weighted by atomic mass is 10.1. The van der Waals surface area contributed by atoms with Crippen molar-refractivity contribution in [3.8, 4) is 0 Å². The van der Waals surface area contributed by atoms with Crippen molar-refractivity contribution < 1.29 is 13.9 Å². The molecule has 25 heavy (non-hydrogen) atoms. The second kappa shape index (κ2) is 7.41. The van der Waals surface area contributed by atoms with E-state index in [4.69, 9.17) is 9.47 Å². The van der Waals surface area contributed by atoms with Crippen LogP contribution in [0.25, 0.3) is 0 Å². The first-order valence-corrected chi connectivity index (χ1v) is 8.62. The van der Waals surface area contributed by atoms with Crippen molar-refractivity contribution in [2.45, 2.75) is 31.6 Å². The van der Waals surface area contributed by atoms with Crippen molar-refractivity contribution in [3.63, 3.8) is 0 Å². The standard InChI is InChI=1S/C18H21FN4O2/c19-15-9-21-18(22-10-15)23-5-6-25-17-8-14(7-16(17)23)12-24-11-13-1-3-20-4-2-13/h1-4,9-10,14,16-17H,5-8,11-12H2. The average molecular weight is 344 g/mol. The van der Waals surface area contributed by atoms with Crippen LogP contribution in [0.4, 0.5) is 10.3 Å². The average Bonchev–Trinajstić information content (AvgIpc) is 3.06. The SMILES string of the molecule is Fc1cnc(N2CCOC3CC(COCc4ccncc4)CC32)nc1. The number of aromatic nitrogens is 3. The van der Waals surface area contributed by atoms with Gasteiger partial charge in [-0.05, 0) is 36.5 Å². The minimum absolute atomic E-state index is 0.164. The van der Waals surface area contributed by atoms with Crippen molar-refractivity contribution in [1.82, 2.24) is 15.0 Å². The number of anilines is 1. The predicted octanol–water partition coefficient (Wildman–Crippen LogP) is 2.21. The topological polar surface area (TPSA) is 60.4 Å². The second-order valence-electron chi connectivity index (χ2n) is 6.58. The summed E-state index contributed by atoms with van der Waals surface area (Å²) in [6.07, 6.45) is 8.10. The molecule has 0 N–H and O–H groups in total. The maximum absolute atomic E-state index is 13.1. The molecule has 2 aromatic rings. The summed E-state index contributed by atoms with van der Waals surface area (Å²) in [5.74, 6) is 0.610. The fraction of sp³-hybridized carbons (Fsp3) is 0.500. The van der Waals surface area contributed by atoms with Crippen LogP contribution in [0.1, 0.15) is 18.4 Å². The zero-order valence-corrected chi connectivity index (χ0v) is 13.9. The molecule has 1 saturated heterocycles. The molecule has 2 aliphatic rings. The number of hydrogen-bond donors (Lipinski definition) is 0. The minimum Gasteiger partial charge on any atom is -0.376 e. The Bertz CT molecular complexity index is 685. The number of rotatable bonds is 5. The highest BCUT2D eigenvalue weighted by molar-refractivity contribution is 5.33. The van der Waals surface area contributed by atoms with Crippen LogP contribution in [0, 0.1) is 11.7 Å². The summed E-state index contributed by atoms with van der Waals surface area (Å²) in [7, 11) is 0. The van der Waals surface area contributed by atoms with Crippen molar-refractivity contribution >= 4 is 5.95 Å². The molecule has 7 heteroatoms. The summed E-state index contributed by atoms with van der Waals surface area (Å²) < 4.78 is 24.9. The van der Waals surface area contributed by atoms with Crippen LogP contribution in [-0.4, -0.2) is 46.9 Å². The third kappa shape index (κ3) is 3.77. The Morgan fingerprint density at radius 1 is 1.20 bits per heavy atom. The number of hydrogen-bond acceptors (Lipinski definition) is 6. The monoisotopic (exact) mass is 344 g/mol. The summed E-state index contributed by atoms with van der Waals surface area (Å²) in [6.45, 7) is 2.68. The van der Waals surface area contributed by atoms with E-state index in [-0.39, 0.29) is 12.1 Å². The fourth-order valence-electron chi connectivity index (χ4n) is 3.71. The molecule has 2 fully saturated rings. The highest BCUT2D eigenvalue weighted by Crippen LogP contribution is 2.35. The van der Waals surface area contributed by atoms with Crippen LogP contribution < -0.4 is 4.90 Å². The van der Waals surface area contributed by atoms with E-state index in [1.807, 2.05) is 12.1 Å². The first-order valence-electron chi connectivity index (χ1n) is 8.62. The van der Waals surface area contributed by atoms with Crippen molar-refractivity contribution in [2.24, 2.45) is 5.92 Å². The quantitative estimate of drug-likeness (QED) is 0.829. The van der Waals surface area contributed by atoms with E-state index >= 15 is 0 Å². The van der Waals surface area contributed by atoms with E-state index in [0.717, 1.165) is 24.9 Å². The summed E-state index contributed by atoms with van der Waals surface area (Å²) >= 11 is 0. The van der Waals surface area contributed by atoms with Crippen molar-refractivity contribution in [2.75, 3.05) is 24.7 Å². The summed E-state index contributed by atoms with van der Waals surface area (Å²) in [5, 5.41) is 0. The summed E-state index contributed by atoms with van der Waals surface area (Å²) in [6, 6.07) is 4.16. The first kappa shape index (κ1) is 16.4. The van der Waals surface area contributed by atoms with Gasteiger partial charge in [0.25, 0.3) is 0 Å². The Morgan fingerprint density at radius 2 is 2.00 bits per heavy atom. The van der Waals surface area contributed by atoms with Crippen molar-refractivity contribution in [1.29, 1.82) is 0 Å². The minimum atomic E-state index is -0.414. The summed E-state index contributed by atoms with van der Waals surface area (Å²) in [4.78, 5) is 14.4. The zero-order valence-electron chi connectivity index (χ0n) is 13.9. The highest BCUT2D eigenvalue weighted by atomic mass is 19.1. The smallest absolute Gasteiger partial charge is 0.225 e. The number of fused-ring (bicyclic) bond motifs is 1. The Labute approximate surface area is 146 Å². The van der Waals surface area contributed by atoms with E-state index in [2.05, 4.69) is 19.9 Å². The number of halogens is 1. The van der Waals surface area contributed by atoms with Crippen LogP contribution in [0.5, 0.6) is 0 Å². The first-order chi connectivity index (χ1) is 12.3. The molecule has 0 radical (unpaired) electrons. The molecule has 1 saturated carbocycles. The second-order valence-corrected chi connectivity index (χ2v) is 6.58. The van der Waals surface area contributed by atoms with Gasteiger partial charge in [-0.2, -0.15) is 0 Å². The molecular formula is C18H21FN4O2. The Balaban J connectivity index is 1.35. The van der Waals surface area contributed by atoms with Gasteiger partial charge in [0, 0.05) is 18.9 Å². The maximum Gasteiger partial charge on any atom is 0.225 e. The Morgan fingerprint density at radius 3 is 2.80 bits per heavy atom. The molecule has 6 nitrogen and oxygen atoms in total. The summed E-state index contributed by atoms with van der Waals surface area (Å²) in [5.41, 5.74) is 1.13. The van der Waals surface area contributed by atoms with Gasteiger partial charge >= 0.3 is 0 Å². The molecule has 2 aromatic heterocycles. The molecule has 1 aliphatic carbocycles. The third-order valence-corrected chi connectivity index (χ3v) is 4.87. The van der Waals surface area contributed by atoms with Gasteiger partial charge in [0.1, 0.15) is 0 Å². The number of ether oxygens (including phenoxy) is 2. The Hall–Kier alpha value is -2.12. The molecule has 3 atom stereocenters. The van der Waals surface area contributed by atoms with Gasteiger partial charge in [0.15, 0.2) is 5.82 Å². The van der Waals surface area contributed by atoms with Crippen LogP contribution in [-0.2, 0) is 16.1 Å². The van der Waals surface area contributed by atoms with E-state index in [1.165, 1.54) is 12.4 Å². The molecule has 0 spiro atoms. The van der Waals surface area contributed by atoms with Gasteiger partial charge in [-0.25, -0.2) is 14.4 Å².